The Kier molecular flexibility index (Phi) is 1.94. The van der Waals surface area contributed by atoms with Crippen molar-refractivity contribution in [2.75, 3.05) is 7.11 Å². The van der Waals surface area contributed by atoms with Crippen molar-refractivity contribution in [2.45, 2.75) is 0 Å². The van der Waals surface area contributed by atoms with Crippen LogP contribution in [0, 0.1) is 0 Å². The smallest absolute Gasteiger partial charge is 0.375 e. The van der Waals surface area contributed by atoms with Crippen LogP contribution < -0.4 is 0 Å². The van der Waals surface area contributed by atoms with Gasteiger partial charge in [-0.1, -0.05) is 0 Å². The number of esters is 1. The molecule has 8 heteroatoms. The average molecular weight is 194 g/mol. The van der Waals surface area contributed by atoms with Crippen molar-refractivity contribution in [3.05, 3.63) is 18.5 Å². The molecule has 0 fully saturated rings. The van der Waals surface area contributed by atoms with Crippen molar-refractivity contribution in [1.82, 2.24) is 29.9 Å². The number of H-pyrrole nitrogens is 1. The second kappa shape index (κ2) is 3.24. The zero-order valence-electron chi connectivity index (χ0n) is 7.21. The van der Waals surface area contributed by atoms with Crippen molar-refractivity contribution in [3.8, 4) is 5.95 Å². The van der Waals surface area contributed by atoms with Crippen LogP contribution in [0.2, 0.25) is 0 Å². The Morgan fingerprint density at radius 2 is 2.21 bits per heavy atom. The number of nitrogens with one attached hydrogen (secondary N) is 1. The van der Waals surface area contributed by atoms with E-state index in [0.717, 1.165) is 0 Å². The van der Waals surface area contributed by atoms with Gasteiger partial charge in [0.2, 0.25) is 5.82 Å². The maximum absolute atomic E-state index is 11.0. The van der Waals surface area contributed by atoms with E-state index in [1.807, 2.05) is 0 Å². The third kappa shape index (κ3) is 1.32. The van der Waals surface area contributed by atoms with E-state index in [1.54, 1.807) is 0 Å². The number of ether oxygens (including phenoxy) is 1. The van der Waals surface area contributed by atoms with Gasteiger partial charge in [0.05, 0.1) is 7.11 Å². The molecule has 8 nitrogen and oxygen atoms in total. The summed E-state index contributed by atoms with van der Waals surface area (Å²) in [7, 11) is 1.27. The van der Waals surface area contributed by atoms with E-state index in [-0.39, 0.29) is 11.8 Å². The fraction of sp³-hybridized carbons (Fsp3) is 0.167. The second-order valence-electron chi connectivity index (χ2n) is 2.34. The molecule has 0 spiro atoms. The minimum Gasteiger partial charge on any atom is -0.463 e. The highest BCUT2D eigenvalue weighted by Gasteiger charge is 2.12. The highest BCUT2D eigenvalue weighted by atomic mass is 16.5. The number of carbonyl (C=O) groups excluding carboxylic acids is 1. The normalized spacial score (nSPS) is 10.1. The Labute approximate surface area is 77.9 Å². The minimum atomic E-state index is -0.572. The molecule has 0 atom stereocenters. The SMILES string of the molecule is COC(=O)c1nc(-n2cnnc2)n[nH]1. The summed E-state index contributed by atoms with van der Waals surface area (Å²) in [4.78, 5) is 14.9. The molecule has 2 aromatic rings. The van der Waals surface area contributed by atoms with Crippen LogP contribution >= 0.6 is 0 Å². The van der Waals surface area contributed by atoms with E-state index in [9.17, 15) is 4.79 Å². The first-order valence-electron chi connectivity index (χ1n) is 3.67. The molecular formula is C6H6N6O2. The van der Waals surface area contributed by atoms with Crippen LogP contribution in [0.1, 0.15) is 10.6 Å². The van der Waals surface area contributed by atoms with Gasteiger partial charge in [0.25, 0.3) is 5.95 Å². The summed E-state index contributed by atoms with van der Waals surface area (Å²) in [6.45, 7) is 0. The predicted octanol–water partition coefficient (Wildman–Crippen LogP) is -0.828. The van der Waals surface area contributed by atoms with Crippen LogP contribution in [0.3, 0.4) is 0 Å². The number of aromatic nitrogens is 6. The Balaban J connectivity index is 2.31. The molecule has 1 N–H and O–H groups in total. The largest absolute Gasteiger partial charge is 0.463 e. The standard InChI is InChI=1S/C6H6N6O2/c1-14-5(13)4-9-6(11-10-4)12-2-7-8-3-12/h2-3H,1H3,(H,9,10,11). The van der Waals surface area contributed by atoms with Crippen LogP contribution in [0.5, 0.6) is 0 Å². The predicted molar refractivity (Wildman–Crippen MR) is 42.6 cm³/mol. The Morgan fingerprint density at radius 3 is 2.86 bits per heavy atom. The summed E-state index contributed by atoms with van der Waals surface area (Å²) in [5, 5.41) is 13.4. The molecule has 2 rings (SSSR count). The van der Waals surface area contributed by atoms with Gasteiger partial charge in [-0.15, -0.1) is 15.3 Å². The zero-order chi connectivity index (χ0) is 9.97. The molecule has 0 aliphatic carbocycles. The molecular weight excluding hydrogens is 188 g/mol. The van der Waals surface area contributed by atoms with Gasteiger partial charge in [-0.25, -0.2) is 4.79 Å². The fourth-order valence-corrected chi connectivity index (χ4v) is 0.860. The number of carbonyl (C=O) groups is 1. The first-order chi connectivity index (χ1) is 6.81. The number of aromatic amines is 1. The van der Waals surface area contributed by atoms with Crippen molar-refractivity contribution < 1.29 is 9.53 Å². The molecule has 0 amide bonds. The lowest BCUT2D eigenvalue weighted by molar-refractivity contribution is 0.0587. The topological polar surface area (TPSA) is 98.6 Å². The Hall–Kier alpha value is -2.25. The molecule has 0 saturated carbocycles. The van der Waals surface area contributed by atoms with Crippen LogP contribution in [0.25, 0.3) is 5.95 Å². The number of hydrogen-bond acceptors (Lipinski definition) is 6. The molecule has 72 valence electrons. The van der Waals surface area contributed by atoms with Crippen molar-refractivity contribution >= 4 is 5.97 Å². The average Bonchev–Trinajstić information content (AvgIpc) is 2.86. The third-order valence-electron chi connectivity index (χ3n) is 1.50. The monoisotopic (exact) mass is 194 g/mol. The lowest BCUT2D eigenvalue weighted by atomic mass is 10.6. The second-order valence-corrected chi connectivity index (χ2v) is 2.34. The van der Waals surface area contributed by atoms with E-state index >= 15 is 0 Å². The quantitative estimate of drug-likeness (QED) is 0.626. The summed E-state index contributed by atoms with van der Waals surface area (Å²) in [6.07, 6.45) is 2.84. The maximum atomic E-state index is 11.0. The maximum Gasteiger partial charge on any atom is 0.375 e. The number of methoxy groups -OCH3 is 1. The van der Waals surface area contributed by atoms with Gasteiger partial charge in [-0.2, -0.15) is 4.98 Å². The van der Waals surface area contributed by atoms with Gasteiger partial charge in [0.15, 0.2) is 0 Å². The molecule has 0 aromatic carbocycles. The Bertz CT molecular complexity index is 433. The van der Waals surface area contributed by atoms with E-state index in [1.165, 1.54) is 24.3 Å². The van der Waals surface area contributed by atoms with Crippen LogP contribution in [-0.4, -0.2) is 43.0 Å². The molecule has 0 aliphatic rings. The molecule has 2 heterocycles. The van der Waals surface area contributed by atoms with Crippen molar-refractivity contribution in [1.29, 1.82) is 0 Å². The van der Waals surface area contributed by atoms with Crippen LogP contribution in [0.4, 0.5) is 0 Å². The highest BCUT2D eigenvalue weighted by molar-refractivity contribution is 5.84. The van der Waals surface area contributed by atoms with E-state index in [4.69, 9.17) is 0 Å². The van der Waals surface area contributed by atoms with Gasteiger partial charge in [-0.3, -0.25) is 9.67 Å². The summed E-state index contributed by atoms with van der Waals surface area (Å²) in [5.41, 5.74) is 0. The molecule has 0 aliphatic heterocycles. The number of rotatable bonds is 2. The van der Waals surface area contributed by atoms with E-state index in [0.29, 0.717) is 0 Å². The van der Waals surface area contributed by atoms with Crippen LogP contribution in [0.15, 0.2) is 12.7 Å². The summed E-state index contributed by atoms with van der Waals surface area (Å²) in [6, 6.07) is 0. The number of nitrogens with zero attached hydrogens (tertiary/aromatic N) is 5. The van der Waals surface area contributed by atoms with Crippen molar-refractivity contribution in [2.24, 2.45) is 0 Å². The lowest BCUT2D eigenvalue weighted by Gasteiger charge is -1.90. The first kappa shape index (κ1) is 8.35. The molecule has 0 bridgehead atoms. The lowest BCUT2D eigenvalue weighted by Crippen LogP contribution is -2.03. The third-order valence-corrected chi connectivity index (χ3v) is 1.50. The van der Waals surface area contributed by atoms with Gasteiger partial charge in [-0.05, 0) is 0 Å². The summed E-state index contributed by atoms with van der Waals surface area (Å²) < 4.78 is 5.91. The number of hydrogen-bond donors (Lipinski definition) is 1. The van der Waals surface area contributed by atoms with Gasteiger partial charge < -0.3 is 4.74 Å². The van der Waals surface area contributed by atoms with Gasteiger partial charge in [0.1, 0.15) is 12.7 Å². The summed E-state index contributed by atoms with van der Waals surface area (Å²) >= 11 is 0. The molecule has 0 saturated heterocycles. The van der Waals surface area contributed by atoms with E-state index in [2.05, 4.69) is 30.1 Å². The highest BCUT2D eigenvalue weighted by Crippen LogP contribution is 1.99. The summed E-state index contributed by atoms with van der Waals surface area (Å²) in [5.74, 6) is -0.247. The molecule has 14 heavy (non-hydrogen) atoms. The minimum absolute atomic E-state index is 0.0381. The van der Waals surface area contributed by atoms with Gasteiger partial charge in [0, 0.05) is 0 Å². The van der Waals surface area contributed by atoms with Gasteiger partial charge >= 0.3 is 5.97 Å². The zero-order valence-corrected chi connectivity index (χ0v) is 7.21. The first-order valence-corrected chi connectivity index (χ1v) is 3.67. The van der Waals surface area contributed by atoms with Crippen molar-refractivity contribution in [3.63, 3.8) is 0 Å². The molecule has 0 unspecified atom stereocenters. The van der Waals surface area contributed by atoms with E-state index < -0.39 is 5.97 Å². The Morgan fingerprint density at radius 1 is 1.50 bits per heavy atom. The van der Waals surface area contributed by atoms with Crippen LogP contribution in [-0.2, 0) is 4.74 Å². The molecule has 0 radical (unpaired) electrons. The fourth-order valence-electron chi connectivity index (χ4n) is 0.860. The molecule has 2 aromatic heterocycles.